The van der Waals surface area contributed by atoms with Crippen molar-refractivity contribution in [1.29, 1.82) is 0 Å². The molecule has 0 saturated heterocycles. The van der Waals surface area contributed by atoms with Crippen LogP contribution in [-0.4, -0.2) is 10.4 Å². The number of rotatable bonds is 3. The number of Topliss-reactive ketones (excluding diaryl/α,β-unsaturated/α-hetero) is 1. The Labute approximate surface area is 99.8 Å². The predicted molar refractivity (Wildman–Crippen MR) is 67.0 cm³/mol. The molecule has 0 N–H and O–H groups in total. The fourth-order valence-corrected chi connectivity index (χ4v) is 2.23. The summed E-state index contributed by atoms with van der Waals surface area (Å²) in [6.07, 6.45) is 0.486. The lowest BCUT2D eigenvalue weighted by atomic mass is 10.2. The lowest BCUT2D eigenvalue weighted by Gasteiger charge is -2.06. The molecule has 84 valence electrons. The van der Waals surface area contributed by atoms with Gasteiger partial charge in [0.1, 0.15) is 5.78 Å². The highest BCUT2D eigenvalue weighted by Gasteiger charge is 2.09. The maximum absolute atomic E-state index is 11.2. The first-order valence-electron chi connectivity index (χ1n) is 5.39. The van der Waals surface area contributed by atoms with Crippen LogP contribution in [0.15, 0.2) is 24.3 Å². The largest absolute Gasteiger partial charge is 0.344 e. The number of aryl methyl sites for hydroxylation is 1. The van der Waals surface area contributed by atoms with Gasteiger partial charge in [-0.15, -0.1) is 0 Å². The van der Waals surface area contributed by atoms with Crippen LogP contribution in [-0.2, 0) is 17.8 Å². The Morgan fingerprint density at radius 3 is 2.75 bits per heavy atom. The molecule has 2 nitrogen and oxygen atoms in total. The average molecular weight is 236 g/mol. The van der Waals surface area contributed by atoms with E-state index in [1.165, 1.54) is 0 Å². The van der Waals surface area contributed by atoms with Gasteiger partial charge in [-0.2, -0.15) is 0 Å². The van der Waals surface area contributed by atoms with E-state index < -0.39 is 0 Å². The van der Waals surface area contributed by atoms with Gasteiger partial charge in [0, 0.05) is 29.2 Å². The second-order valence-electron chi connectivity index (χ2n) is 3.96. The lowest BCUT2D eigenvalue weighted by molar-refractivity contribution is -0.116. The molecular formula is C13H14ClNO. The van der Waals surface area contributed by atoms with E-state index in [1.807, 2.05) is 18.2 Å². The van der Waals surface area contributed by atoms with Gasteiger partial charge in [0.15, 0.2) is 0 Å². The number of hydrogen-bond acceptors (Lipinski definition) is 1. The summed E-state index contributed by atoms with van der Waals surface area (Å²) in [4.78, 5) is 11.2. The van der Waals surface area contributed by atoms with Crippen LogP contribution in [0.2, 0.25) is 5.02 Å². The number of fused-ring (bicyclic) bond motifs is 1. The summed E-state index contributed by atoms with van der Waals surface area (Å²) in [7, 11) is 0. The van der Waals surface area contributed by atoms with Crippen molar-refractivity contribution in [2.24, 2.45) is 0 Å². The molecule has 0 atom stereocenters. The van der Waals surface area contributed by atoms with Crippen molar-refractivity contribution >= 4 is 28.3 Å². The van der Waals surface area contributed by atoms with E-state index in [0.29, 0.717) is 6.42 Å². The van der Waals surface area contributed by atoms with Gasteiger partial charge in [-0.05, 0) is 37.4 Å². The van der Waals surface area contributed by atoms with Crippen molar-refractivity contribution in [2.45, 2.75) is 26.8 Å². The fourth-order valence-electron chi connectivity index (χ4n) is 2.06. The Bertz CT molecular complexity index is 542. The SMILES string of the molecule is CCn1c(CC(C)=O)cc2ccc(Cl)cc21. The van der Waals surface area contributed by atoms with E-state index in [2.05, 4.69) is 17.6 Å². The standard InChI is InChI=1S/C13H14ClNO/c1-3-15-12(6-9(2)16)7-10-4-5-11(14)8-13(10)15/h4-5,7-8H,3,6H2,1-2H3. The molecule has 0 aliphatic heterocycles. The highest BCUT2D eigenvalue weighted by molar-refractivity contribution is 6.31. The minimum Gasteiger partial charge on any atom is -0.344 e. The number of aromatic nitrogens is 1. The van der Waals surface area contributed by atoms with Crippen LogP contribution in [0.25, 0.3) is 10.9 Å². The van der Waals surface area contributed by atoms with Gasteiger partial charge in [-0.25, -0.2) is 0 Å². The normalized spacial score (nSPS) is 10.9. The minimum absolute atomic E-state index is 0.184. The number of carbonyl (C=O) groups is 1. The third kappa shape index (κ3) is 1.98. The molecule has 0 aliphatic carbocycles. The van der Waals surface area contributed by atoms with Crippen LogP contribution in [0.5, 0.6) is 0 Å². The Kier molecular flexibility index (Phi) is 3.01. The van der Waals surface area contributed by atoms with E-state index in [1.54, 1.807) is 6.92 Å². The third-order valence-electron chi connectivity index (χ3n) is 2.70. The van der Waals surface area contributed by atoms with Crippen molar-refractivity contribution < 1.29 is 4.79 Å². The van der Waals surface area contributed by atoms with Crippen LogP contribution in [0.4, 0.5) is 0 Å². The van der Waals surface area contributed by atoms with Gasteiger partial charge in [0.25, 0.3) is 0 Å². The lowest BCUT2D eigenvalue weighted by Crippen LogP contribution is -2.04. The molecule has 0 amide bonds. The zero-order valence-corrected chi connectivity index (χ0v) is 10.2. The smallest absolute Gasteiger partial charge is 0.135 e. The van der Waals surface area contributed by atoms with E-state index in [0.717, 1.165) is 28.2 Å². The molecule has 0 aliphatic rings. The molecule has 16 heavy (non-hydrogen) atoms. The number of carbonyl (C=O) groups excluding carboxylic acids is 1. The van der Waals surface area contributed by atoms with Crippen molar-refractivity contribution in [3.63, 3.8) is 0 Å². The molecule has 0 radical (unpaired) electrons. The molecule has 1 aromatic carbocycles. The number of ketones is 1. The second-order valence-corrected chi connectivity index (χ2v) is 4.40. The van der Waals surface area contributed by atoms with Crippen molar-refractivity contribution in [2.75, 3.05) is 0 Å². The summed E-state index contributed by atoms with van der Waals surface area (Å²) < 4.78 is 2.14. The molecule has 0 spiro atoms. The number of benzene rings is 1. The van der Waals surface area contributed by atoms with E-state index in [4.69, 9.17) is 11.6 Å². The number of halogens is 1. The van der Waals surface area contributed by atoms with Crippen LogP contribution < -0.4 is 0 Å². The average Bonchev–Trinajstić information content (AvgIpc) is 2.53. The third-order valence-corrected chi connectivity index (χ3v) is 2.93. The van der Waals surface area contributed by atoms with Crippen LogP contribution in [0.1, 0.15) is 19.5 Å². The number of hydrogen-bond donors (Lipinski definition) is 0. The topological polar surface area (TPSA) is 22.0 Å². The van der Waals surface area contributed by atoms with Crippen molar-refractivity contribution in [1.82, 2.24) is 4.57 Å². The van der Waals surface area contributed by atoms with Crippen LogP contribution >= 0.6 is 11.6 Å². The van der Waals surface area contributed by atoms with Gasteiger partial charge in [-0.3, -0.25) is 4.79 Å². The molecule has 0 bridgehead atoms. The molecule has 0 fully saturated rings. The molecule has 2 rings (SSSR count). The highest BCUT2D eigenvalue weighted by atomic mass is 35.5. The Morgan fingerprint density at radius 2 is 2.12 bits per heavy atom. The first-order valence-corrected chi connectivity index (χ1v) is 5.76. The molecule has 1 heterocycles. The Morgan fingerprint density at radius 1 is 1.38 bits per heavy atom. The molecule has 0 saturated carbocycles. The summed E-state index contributed by atoms with van der Waals surface area (Å²) >= 11 is 5.98. The second kappa shape index (κ2) is 4.30. The summed E-state index contributed by atoms with van der Waals surface area (Å²) in [6.45, 7) is 4.54. The van der Waals surface area contributed by atoms with Crippen LogP contribution in [0, 0.1) is 0 Å². The zero-order chi connectivity index (χ0) is 11.7. The quantitative estimate of drug-likeness (QED) is 0.799. The highest BCUT2D eigenvalue weighted by Crippen LogP contribution is 2.24. The van der Waals surface area contributed by atoms with Crippen molar-refractivity contribution in [3.05, 3.63) is 35.0 Å². The maximum Gasteiger partial charge on any atom is 0.135 e. The number of nitrogens with zero attached hydrogens (tertiary/aromatic N) is 1. The van der Waals surface area contributed by atoms with Gasteiger partial charge >= 0.3 is 0 Å². The Balaban J connectivity index is 2.62. The van der Waals surface area contributed by atoms with Gasteiger partial charge in [0.05, 0.1) is 0 Å². The monoisotopic (exact) mass is 235 g/mol. The van der Waals surface area contributed by atoms with Gasteiger partial charge in [0.2, 0.25) is 0 Å². The van der Waals surface area contributed by atoms with Crippen molar-refractivity contribution in [3.8, 4) is 0 Å². The summed E-state index contributed by atoms with van der Waals surface area (Å²) in [5.74, 6) is 0.184. The van der Waals surface area contributed by atoms with Crippen LogP contribution in [0.3, 0.4) is 0 Å². The predicted octanol–water partition coefficient (Wildman–Crippen LogP) is 3.45. The van der Waals surface area contributed by atoms with Gasteiger partial charge in [-0.1, -0.05) is 17.7 Å². The molecule has 1 aromatic heterocycles. The Hall–Kier alpha value is -1.28. The molecule has 2 aromatic rings. The minimum atomic E-state index is 0.184. The van der Waals surface area contributed by atoms with E-state index >= 15 is 0 Å². The summed E-state index contributed by atoms with van der Waals surface area (Å²) in [5, 5.41) is 1.87. The first kappa shape index (κ1) is 11.2. The molecular weight excluding hydrogens is 222 g/mol. The first-order chi connectivity index (χ1) is 7.61. The van der Waals surface area contributed by atoms with E-state index in [9.17, 15) is 4.79 Å². The summed E-state index contributed by atoms with van der Waals surface area (Å²) in [5.41, 5.74) is 2.17. The molecule has 0 unspecified atom stereocenters. The molecule has 3 heteroatoms. The summed E-state index contributed by atoms with van der Waals surface area (Å²) in [6, 6.07) is 7.88. The zero-order valence-electron chi connectivity index (χ0n) is 9.46. The van der Waals surface area contributed by atoms with Gasteiger partial charge < -0.3 is 4.57 Å². The van der Waals surface area contributed by atoms with E-state index in [-0.39, 0.29) is 5.78 Å². The fraction of sp³-hybridized carbons (Fsp3) is 0.308. The maximum atomic E-state index is 11.2.